The van der Waals surface area contributed by atoms with Crippen molar-refractivity contribution >= 4 is 27.5 Å². The molecule has 1 aliphatic heterocycles. The summed E-state index contributed by atoms with van der Waals surface area (Å²) < 4.78 is 25.4. The smallest absolute Gasteiger partial charge is 0.237 e. The number of likely N-dealkylation sites (N-methyl/N-ethyl adjacent to an activating group) is 1. The number of amides is 1. The van der Waals surface area contributed by atoms with Crippen LogP contribution in [0.4, 0.5) is 0 Å². The van der Waals surface area contributed by atoms with Gasteiger partial charge in [-0.2, -0.15) is 4.31 Å². The van der Waals surface area contributed by atoms with Crippen LogP contribution in [-0.4, -0.2) is 61.8 Å². The van der Waals surface area contributed by atoms with Crippen LogP contribution in [0.5, 0.6) is 0 Å². The van der Waals surface area contributed by atoms with Crippen LogP contribution in [0.25, 0.3) is 0 Å². The third-order valence-corrected chi connectivity index (χ3v) is 5.41. The summed E-state index contributed by atoms with van der Waals surface area (Å²) in [6.45, 7) is 2.76. The molecule has 7 heteroatoms. The minimum Gasteiger partial charge on any atom is -0.345 e. The van der Waals surface area contributed by atoms with E-state index in [0.717, 1.165) is 0 Å². The van der Waals surface area contributed by atoms with Crippen LogP contribution in [0.3, 0.4) is 0 Å². The zero-order chi connectivity index (χ0) is 13.1. The topological polar surface area (TPSA) is 57.7 Å². The Kier molecular flexibility index (Phi) is 5.22. The number of sulfonamides is 1. The molecule has 0 saturated carbocycles. The normalized spacial score (nSPS) is 21.4. The summed E-state index contributed by atoms with van der Waals surface area (Å²) in [4.78, 5) is 13.2. The van der Waals surface area contributed by atoms with Crippen molar-refractivity contribution < 1.29 is 13.2 Å². The maximum atomic E-state index is 12.1. The van der Waals surface area contributed by atoms with Crippen LogP contribution in [0.1, 0.15) is 13.3 Å². The van der Waals surface area contributed by atoms with Crippen LogP contribution in [0, 0.1) is 5.92 Å². The number of hydrogen-bond donors (Lipinski definition) is 0. The minimum absolute atomic E-state index is 0.00743. The van der Waals surface area contributed by atoms with Gasteiger partial charge in [-0.15, -0.1) is 11.6 Å². The Morgan fingerprint density at radius 2 is 2.06 bits per heavy atom. The van der Waals surface area contributed by atoms with Crippen molar-refractivity contribution in [2.24, 2.45) is 5.92 Å². The van der Waals surface area contributed by atoms with Crippen molar-refractivity contribution in [3.63, 3.8) is 0 Å². The molecular formula is C10H19ClN2O3S. The van der Waals surface area contributed by atoms with Crippen molar-refractivity contribution in [3.8, 4) is 0 Å². The first-order chi connectivity index (χ1) is 7.86. The van der Waals surface area contributed by atoms with Crippen LogP contribution in [-0.2, 0) is 14.8 Å². The maximum absolute atomic E-state index is 12.1. The minimum atomic E-state index is -3.37. The van der Waals surface area contributed by atoms with Crippen LogP contribution in [0.15, 0.2) is 0 Å². The SMILES string of the molecule is CC(CCl)CS(=O)(=O)N1CCCN(C)C(=O)C1. The second-order valence-electron chi connectivity index (χ2n) is 4.54. The van der Waals surface area contributed by atoms with Gasteiger partial charge in [0.2, 0.25) is 15.9 Å². The molecule has 1 rings (SSSR count). The lowest BCUT2D eigenvalue weighted by Gasteiger charge is -2.20. The highest BCUT2D eigenvalue weighted by Crippen LogP contribution is 2.12. The second kappa shape index (κ2) is 6.02. The highest BCUT2D eigenvalue weighted by Gasteiger charge is 2.29. The van der Waals surface area contributed by atoms with Gasteiger partial charge in [0, 0.05) is 26.0 Å². The Labute approximate surface area is 108 Å². The van der Waals surface area contributed by atoms with E-state index in [0.29, 0.717) is 25.4 Å². The first-order valence-corrected chi connectivity index (χ1v) is 7.79. The fourth-order valence-electron chi connectivity index (χ4n) is 1.71. The molecule has 1 heterocycles. The summed E-state index contributed by atoms with van der Waals surface area (Å²) in [5.74, 6) is 0.0661. The van der Waals surface area contributed by atoms with E-state index in [1.165, 1.54) is 4.31 Å². The third-order valence-electron chi connectivity index (χ3n) is 2.79. The molecule has 0 radical (unpaired) electrons. The molecule has 17 heavy (non-hydrogen) atoms. The van der Waals surface area contributed by atoms with E-state index in [1.807, 2.05) is 0 Å². The van der Waals surface area contributed by atoms with Gasteiger partial charge in [0.1, 0.15) is 0 Å². The largest absolute Gasteiger partial charge is 0.345 e. The van der Waals surface area contributed by atoms with E-state index in [9.17, 15) is 13.2 Å². The quantitative estimate of drug-likeness (QED) is 0.700. The lowest BCUT2D eigenvalue weighted by Crippen LogP contribution is -2.40. The van der Waals surface area contributed by atoms with Crippen molar-refractivity contribution in [1.29, 1.82) is 0 Å². The summed E-state index contributed by atoms with van der Waals surface area (Å²) >= 11 is 5.62. The number of rotatable bonds is 4. The summed E-state index contributed by atoms with van der Waals surface area (Å²) in [7, 11) is -1.68. The Morgan fingerprint density at radius 1 is 1.41 bits per heavy atom. The second-order valence-corrected chi connectivity index (χ2v) is 6.86. The monoisotopic (exact) mass is 282 g/mol. The molecule has 1 amide bonds. The van der Waals surface area contributed by atoms with Gasteiger partial charge >= 0.3 is 0 Å². The standard InChI is InChI=1S/C10H19ClN2O3S/c1-9(6-11)8-17(15,16)13-5-3-4-12(2)10(14)7-13/h9H,3-8H2,1-2H3. The summed E-state index contributed by atoms with van der Waals surface area (Å²) in [5.41, 5.74) is 0. The van der Waals surface area contributed by atoms with Gasteiger partial charge in [-0.3, -0.25) is 4.79 Å². The van der Waals surface area contributed by atoms with Crippen molar-refractivity contribution in [1.82, 2.24) is 9.21 Å². The molecule has 0 N–H and O–H groups in total. The Balaban J connectivity index is 2.74. The van der Waals surface area contributed by atoms with Gasteiger partial charge in [-0.1, -0.05) is 6.92 Å². The fraction of sp³-hybridized carbons (Fsp3) is 0.900. The number of hydrogen-bond acceptors (Lipinski definition) is 3. The molecule has 0 aromatic heterocycles. The van der Waals surface area contributed by atoms with Crippen LogP contribution in [0.2, 0.25) is 0 Å². The number of alkyl halides is 1. The average Bonchev–Trinajstić information content (AvgIpc) is 2.41. The molecule has 0 aliphatic carbocycles. The number of carbonyl (C=O) groups excluding carboxylic acids is 1. The molecule has 100 valence electrons. The zero-order valence-corrected chi connectivity index (χ0v) is 11.8. The van der Waals surface area contributed by atoms with E-state index >= 15 is 0 Å². The van der Waals surface area contributed by atoms with Crippen molar-refractivity contribution in [2.75, 3.05) is 38.3 Å². The molecule has 0 aromatic carbocycles. The number of nitrogens with zero attached hydrogens (tertiary/aromatic N) is 2. The number of carbonyl (C=O) groups is 1. The Bertz CT molecular complexity index is 372. The highest BCUT2D eigenvalue weighted by molar-refractivity contribution is 7.89. The van der Waals surface area contributed by atoms with Gasteiger partial charge in [-0.25, -0.2) is 8.42 Å². The van der Waals surface area contributed by atoms with Gasteiger partial charge in [0.15, 0.2) is 0 Å². The third kappa shape index (κ3) is 4.12. The van der Waals surface area contributed by atoms with Gasteiger partial charge in [0.25, 0.3) is 0 Å². The van der Waals surface area contributed by atoms with Gasteiger partial charge in [-0.05, 0) is 12.3 Å². The molecule has 1 unspecified atom stereocenters. The lowest BCUT2D eigenvalue weighted by molar-refractivity contribution is -0.129. The lowest BCUT2D eigenvalue weighted by atomic mass is 10.3. The summed E-state index contributed by atoms with van der Waals surface area (Å²) in [6.07, 6.45) is 0.677. The van der Waals surface area contributed by atoms with E-state index < -0.39 is 10.0 Å². The highest BCUT2D eigenvalue weighted by atomic mass is 35.5. The van der Waals surface area contributed by atoms with E-state index in [1.54, 1.807) is 18.9 Å². The molecule has 0 aromatic rings. The molecule has 1 aliphatic rings. The molecule has 1 atom stereocenters. The zero-order valence-electron chi connectivity index (χ0n) is 10.2. The van der Waals surface area contributed by atoms with Crippen LogP contribution >= 0.6 is 11.6 Å². The fourth-order valence-corrected chi connectivity index (χ4v) is 3.71. The van der Waals surface area contributed by atoms with Crippen molar-refractivity contribution in [2.45, 2.75) is 13.3 Å². The predicted octanol–water partition coefficient (Wildman–Crippen LogP) is 0.355. The van der Waals surface area contributed by atoms with Gasteiger partial charge < -0.3 is 4.90 Å². The molecule has 5 nitrogen and oxygen atoms in total. The molecule has 1 saturated heterocycles. The Morgan fingerprint density at radius 3 is 2.65 bits per heavy atom. The molecular weight excluding hydrogens is 264 g/mol. The first-order valence-electron chi connectivity index (χ1n) is 5.64. The summed E-state index contributed by atoms with van der Waals surface area (Å²) in [6, 6.07) is 0. The average molecular weight is 283 g/mol. The first kappa shape index (κ1) is 14.7. The molecule has 0 bridgehead atoms. The van der Waals surface area contributed by atoms with Crippen molar-refractivity contribution in [3.05, 3.63) is 0 Å². The predicted molar refractivity (Wildman–Crippen MR) is 67.5 cm³/mol. The molecule has 0 spiro atoms. The van der Waals surface area contributed by atoms with E-state index in [2.05, 4.69) is 0 Å². The molecule has 1 fully saturated rings. The Hall–Kier alpha value is -0.330. The van der Waals surface area contributed by atoms with Crippen LogP contribution < -0.4 is 0 Å². The van der Waals surface area contributed by atoms with E-state index in [4.69, 9.17) is 11.6 Å². The van der Waals surface area contributed by atoms with E-state index in [-0.39, 0.29) is 24.1 Å². The summed E-state index contributed by atoms with van der Waals surface area (Å²) in [5, 5.41) is 0. The number of halogens is 1. The maximum Gasteiger partial charge on any atom is 0.237 e. The van der Waals surface area contributed by atoms with Gasteiger partial charge in [0.05, 0.1) is 12.3 Å².